The molecule has 23 heavy (non-hydrogen) atoms. The maximum absolute atomic E-state index is 12.2. The molecule has 0 heterocycles. The van der Waals surface area contributed by atoms with E-state index in [2.05, 4.69) is 26.0 Å². The highest BCUT2D eigenvalue weighted by Crippen LogP contribution is 2.23. The summed E-state index contributed by atoms with van der Waals surface area (Å²) in [7, 11) is 0. The van der Waals surface area contributed by atoms with Gasteiger partial charge < -0.3 is 0 Å². The number of ketones is 1. The number of benzene rings is 1. The third-order valence-corrected chi connectivity index (χ3v) is 2.79. The molecule has 1 aromatic rings. The van der Waals surface area contributed by atoms with Crippen LogP contribution in [0.3, 0.4) is 0 Å². The van der Waals surface area contributed by atoms with Gasteiger partial charge in [-0.2, -0.15) is 0 Å². The van der Waals surface area contributed by atoms with Crippen molar-refractivity contribution in [1.29, 1.82) is 0 Å². The quantitative estimate of drug-likeness (QED) is 0.536. The fourth-order valence-electron chi connectivity index (χ4n) is 1.72. The summed E-state index contributed by atoms with van der Waals surface area (Å²) in [4.78, 5) is 12.2. The van der Waals surface area contributed by atoms with Crippen molar-refractivity contribution in [2.24, 2.45) is 5.41 Å². The lowest BCUT2D eigenvalue weighted by Crippen LogP contribution is -2.03. The van der Waals surface area contributed by atoms with E-state index in [4.69, 9.17) is 0 Å². The van der Waals surface area contributed by atoms with Gasteiger partial charge in [-0.1, -0.05) is 116 Å². The minimum Gasteiger partial charge on any atom is -0.289 e. The van der Waals surface area contributed by atoms with Gasteiger partial charge in [-0.25, -0.2) is 0 Å². The number of Topliss-reactive ketones (excluding diaryl/α,β-unsaturated/α-hetero) is 1. The molecule has 0 bridgehead atoms. The highest BCUT2D eigenvalue weighted by molar-refractivity contribution is 6.10. The minimum atomic E-state index is 0.00914. The summed E-state index contributed by atoms with van der Waals surface area (Å²) in [6, 6.07) is 9.37. The molecular formula is C22H34O. The first-order valence-corrected chi connectivity index (χ1v) is 8.77. The number of carbonyl (C=O) groups is 1. The van der Waals surface area contributed by atoms with Crippen LogP contribution in [0.4, 0.5) is 0 Å². The Morgan fingerprint density at radius 1 is 0.826 bits per heavy atom. The van der Waals surface area contributed by atoms with Crippen LogP contribution in [0.1, 0.15) is 65.7 Å². The zero-order valence-electron chi connectivity index (χ0n) is 16.2. The predicted molar refractivity (Wildman–Crippen MR) is 105 cm³/mol. The average molecular weight is 315 g/mol. The van der Waals surface area contributed by atoms with Crippen molar-refractivity contribution in [3.05, 3.63) is 71.8 Å². The summed E-state index contributed by atoms with van der Waals surface area (Å²) in [6.07, 6.45) is 9.89. The van der Waals surface area contributed by atoms with Crippen LogP contribution in [0.15, 0.2) is 66.3 Å². The van der Waals surface area contributed by atoms with Crippen molar-refractivity contribution in [2.45, 2.75) is 55.4 Å². The summed E-state index contributed by atoms with van der Waals surface area (Å²) in [5, 5.41) is 0. The summed E-state index contributed by atoms with van der Waals surface area (Å²) in [5.74, 6) is 0.0733. The number of hydrogen-bond donors (Lipinski definition) is 0. The van der Waals surface area contributed by atoms with E-state index in [0.29, 0.717) is 0 Å². The molecule has 1 nitrogen and oxygen atoms in total. The fraction of sp³-hybridized carbons (Fsp3) is 0.409. The van der Waals surface area contributed by atoms with Crippen molar-refractivity contribution in [3.63, 3.8) is 0 Å². The molecule has 0 radical (unpaired) electrons. The molecule has 0 spiro atoms. The molecule has 2 rings (SSSR count). The third kappa shape index (κ3) is 8.97. The lowest BCUT2D eigenvalue weighted by molar-refractivity contribution is 0.103. The van der Waals surface area contributed by atoms with E-state index in [-0.39, 0.29) is 11.2 Å². The van der Waals surface area contributed by atoms with Crippen LogP contribution in [0.25, 0.3) is 0 Å². The van der Waals surface area contributed by atoms with Gasteiger partial charge in [0.25, 0.3) is 0 Å². The Balaban J connectivity index is 0. The first kappa shape index (κ1) is 23.4. The van der Waals surface area contributed by atoms with Gasteiger partial charge in [0, 0.05) is 16.6 Å². The molecule has 128 valence electrons. The molecule has 0 saturated heterocycles. The standard InChI is InChI=1S/C16H16O.3C2H6/c1-16(2)11-6-9-14(10-12-16)15(17)13-7-4-3-5-8-13;3*1-2/h3-12H,1-2H3;3*1-2H3. The van der Waals surface area contributed by atoms with Gasteiger partial charge in [-0.3, -0.25) is 4.79 Å². The third-order valence-electron chi connectivity index (χ3n) is 2.79. The number of hydrogen-bond acceptors (Lipinski definition) is 1. The number of carbonyl (C=O) groups excluding carboxylic acids is 1. The first-order chi connectivity index (χ1) is 11.1. The first-order valence-electron chi connectivity index (χ1n) is 8.77. The van der Waals surface area contributed by atoms with Crippen molar-refractivity contribution >= 4 is 5.78 Å². The van der Waals surface area contributed by atoms with Crippen LogP contribution in [0.2, 0.25) is 0 Å². The van der Waals surface area contributed by atoms with Crippen LogP contribution in [0, 0.1) is 5.41 Å². The molecule has 0 fully saturated rings. The Bertz CT molecular complexity index is 502. The Hall–Kier alpha value is -1.89. The van der Waals surface area contributed by atoms with E-state index < -0.39 is 0 Å². The Labute approximate surface area is 143 Å². The number of rotatable bonds is 2. The fourth-order valence-corrected chi connectivity index (χ4v) is 1.72. The van der Waals surface area contributed by atoms with Crippen LogP contribution < -0.4 is 0 Å². The molecule has 1 aliphatic rings. The summed E-state index contributed by atoms with van der Waals surface area (Å²) in [5.41, 5.74) is 1.48. The molecule has 0 amide bonds. The van der Waals surface area contributed by atoms with E-state index in [1.165, 1.54) is 0 Å². The monoisotopic (exact) mass is 314 g/mol. The van der Waals surface area contributed by atoms with Crippen LogP contribution in [-0.2, 0) is 0 Å². The van der Waals surface area contributed by atoms with Gasteiger partial charge in [0.05, 0.1) is 0 Å². The highest BCUT2D eigenvalue weighted by atomic mass is 16.1. The summed E-state index contributed by atoms with van der Waals surface area (Å²) < 4.78 is 0. The predicted octanol–water partition coefficient (Wildman–Crippen LogP) is 7.03. The molecule has 1 aromatic carbocycles. The molecule has 0 atom stereocenters. The Kier molecular flexibility index (Phi) is 14.0. The topological polar surface area (TPSA) is 17.1 Å². The molecule has 0 aliphatic heterocycles. The molecule has 0 saturated carbocycles. The van der Waals surface area contributed by atoms with E-state index in [1.54, 1.807) is 0 Å². The zero-order valence-corrected chi connectivity index (χ0v) is 16.2. The normalized spacial score (nSPS) is 13.7. The summed E-state index contributed by atoms with van der Waals surface area (Å²) >= 11 is 0. The van der Waals surface area contributed by atoms with Crippen LogP contribution >= 0.6 is 0 Å². The molecule has 1 aliphatic carbocycles. The molecular weight excluding hydrogens is 280 g/mol. The van der Waals surface area contributed by atoms with Crippen molar-refractivity contribution in [3.8, 4) is 0 Å². The minimum absolute atomic E-state index is 0.00914. The SMILES string of the molecule is CC.CC.CC.CC1(C)C=CC=C(C(=O)c2ccccc2)C=C1. The zero-order chi connectivity index (χ0) is 18.3. The smallest absolute Gasteiger partial charge is 0.193 e. The molecule has 1 heteroatoms. The second kappa shape index (κ2) is 13.8. The lowest BCUT2D eigenvalue weighted by Gasteiger charge is -2.12. The van der Waals surface area contributed by atoms with Gasteiger partial charge in [0.15, 0.2) is 5.78 Å². The largest absolute Gasteiger partial charge is 0.289 e. The second-order valence-corrected chi connectivity index (χ2v) is 4.83. The van der Waals surface area contributed by atoms with Crippen molar-refractivity contribution in [1.82, 2.24) is 0 Å². The van der Waals surface area contributed by atoms with E-state index >= 15 is 0 Å². The van der Waals surface area contributed by atoms with Crippen LogP contribution in [-0.4, -0.2) is 5.78 Å². The lowest BCUT2D eigenvalue weighted by atomic mass is 9.93. The van der Waals surface area contributed by atoms with E-state index in [9.17, 15) is 4.79 Å². The molecule has 0 N–H and O–H groups in total. The van der Waals surface area contributed by atoms with Gasteiger partial charge in [-0.15, -0.1) is 0 Å². The maximum atomic E-state index is 12.2. The Morgan fingerprint density at radius 2 is 1.35 bits per heavy atom. The maximum Gasteiger partial charge on any atom is 0.193 e. The van der Waals surface area contributed by atoms with Gasteiger partial charge >= 0.3 is 0 Å². The van der Waals surface area contributed by atoms with E-state index in [0.717, 1.165) is 11.1 Å². The van der Waals surface area contributed by atoms with Gasteiger partial charge in [0.1, 0.15) is 0 Å². The van der Waals surface area contributed by atoms with Crippen LogP contribution in [0.5, 0.6) is 0 Å². The highest BCUT2D eigenvalue weighted by Gasteiger charge is 2.14. The number of allylic oxidation sites excluding steroid dienone is 6. The van der Waals surface area contributed by atoms with Gasteiger partial charge in [-0.05, 0) is 0 Å². The van der Waals surface area contributed by atoms with Crippen molar-refractivity contribution < 1.29 is 4.79 Å². The van der Waals surface area contributed by atoms with E-state index in [1.807, 2.05) is 90.1 Å². The summed E-state index contributed by atoms with van der Waals surface area (Å²) in [6.45, 7) is 16.2. The van der Waals surface area contributed by atoms with Crippen molar-refractivity contribution in [2.75, 3.05) is 0 Å². The average Bonchev–Trinajstić information content (AvgIpc) is 2.81. The van der Waals surface area contributed by atoms with Gasteiger partial charge in [0.2, 0.25) is 0 Å². The second-order valence-electron chi connectivity index (χ2n) is 4.83. The molecule has 0 unspecified atom stereocenters. The Morgan fingerprint density at radius 3 is 1.87 bits per heavy atom. The molecule has 0 aromatic heterocycles.